The number of hydrogen-bond donors (Lipinski definition) is 1. The van der Waals surface area contributed by atoms with E-state index in [1.807, 2.05) is 42.5 Å². The molecule has 0 radical (unpaired) electrons. The van der Waals surface area contributed by atoms with Gasteiger partial charge in [-0.3, -0.25) is 14.0 Å². The molecule has 2 aliphatic heterocycles. The Balaban J connectivity index is 1.11. The number of aromatic hydroxyl groups is 1. The minimum atomic E-state index is -0.0443. The number of unbranched alkanes of at least 4 members (excludes halogenated alkanes) is 1. The van der Waals surface area contributed by atoms with Crippen molar-refractivity contribution in [3.63, 3.8) is 0 Å². The van der Waals surface area contributed by atoms with Crippen molar-refractivity contribution in [3.05, 3.63) is 70.8 Å². The molecule has 1 fully saturated rings. The van der Waals surface area contributed by atoms with Gasteiger partial charge in [0, 0.05) is 39.3 Å². The molecule has 0 aliphatic carbocycles. The molecule has 3 heterocycles. The summed E-state index contributed by atoms with van der Waals surface area (Å²) in [5.74, 6) is 1.93. The summed E-state index contributed by atoms with van der Waals surface area (Å²) in [5.41, 5.74) is 1.92. The molecule has 0 atom stereocenters. The Morgan fingerprint density at radius 2 is 1.56 bits per heavy atom. The Morgan fingerprint density at radius 3 is 2.35 bits per heavy atom. The normalized spacial score (nSPS) is 16.4. The molecule has 180 valence electrons. The first-order chi connectivity index (χ1) is 16.7. The molecule has 1 saturated heterocycles. The standard InChI is InChI=1S/C27H34N4O3/c32-26-24-13-6-7-16-30(24)27(33)31(26)17-9-8-15-28-18-20-29(21-19-28)23-12-4-5-14-25(23)34-22-10-2-1-3-11-22/h1-5,10-12,14,32H,6-9,13,15-21H2. The summed E-state index contributed by atoms with van der Waals surface area (Å²) < 4.78 is 9.49. The Morgan fingerprint density at radius 1 is 0.824 bits per heavy atom. The average Bonchev–Trinajstić information content (AvgIpc) is 3.13. The molecule has 3 aromatic rings. The molecule has 2 aromatic carbocycles. The summed E-state index contributed by atoms with van der Waals surface area (Å²) in [5, 5.41) is 10.5. The lowest BCUT2D eigenvalue weighted by molar-refractivity contribution is 0.250. The van der Waals surface area contributed by atoms with Crippen molar-refractivity contribution in [1.29, 1.82) is 0 Å². The van der Waals surface area contributed by atoms with Gasteiger partial charge in [0.05, 0.1) is 11.4 Å². The number of imidazole rings is 1. The largest absolute Gasteiger partial charge is 0.493 e. The van der Waals surface area contributed by atoms with Crippen molar-refractivity contribution in [3.8, 4) is 17.4 Å². The third kappa shape index (κ3) is 4.85. The Labute approximate surface area is 200 Å². The second-order valence-electron chi connectivity index (χ2n) is 9.23. The van der Waals surface area contributed by atoms with Gasteiger partial charge < -0.3 is 14.7 Å². The Kier molecular flexibility index (Phi) is 6.90. The van der Waals surface area contributed by atoms with Crippen LogP contribution in [0.15, 0.2) is 59.4 Å². The Bertz CT molecular complexity index is 1150. The number of rotatable bonds is 8. The summed E-state index contributed by atoms with van der Waals surface area (Å²) in [7, 11) is 0. The highest BCUT2D eigenvalue weighted by Gasteiger charge is 2.22. The first-order valence-electron chi connectivity index (χ1n) is 12.5. The van der Waals surface area contributed by atoms with Crippen LogP contribution >= 0.6 is 0 Å². The van der Waals surface area contributed by atoms with Gasteiger partial charge in [0.1, 0.15) is 5.75 Å². The fraction of sp³-hybridized carbons (Fsp3) is 0.444. The van der Waals surface area contributed by atoms with E-state index >= 15 is 0 Å². The third-order valence-corrected chi connectivity index (χ3v) is 7.00. The predicted octanol–water partition coefficient (Wildman–Crippen LogP) is 4.09. The molecule has 7 nitrogen and oxygen atoms in total. The van der Waals surface area contributed by atoms with Gasteiger partial charge >= 0.3 is 5.69 Å². The maximum atomic E-state index is 12.6. The SMILES string of the molecule is O=c1n(CCCCN2CCN(c3ccccc3Oc3ccccc3)CC2)c(O)c2n1CCCC2. The molecule has 34 heavy (non-hydrogen) atoms. The van der Waals surface area contributed by atoms with Crippen LogP contribution in [0.4, 0.5) is 5.69 Å². The van der Waals surface area contributed by atoms with Crippen molar-refractivity contribution < 1.29 is 9.84 Å². The molecule has 0 bridgehead atoms. The number of ether oxygens (including phenoxy) is 1. The number of benzene rings is 2. The maximum Gasteiger partial charge on any atom is 0.331 e. The van der Waals surface area contributed by atoms with Gasteiger partial charge in [-0.1, -0.05) is 30.3 Å². The van der Waals surface area contributed by atoms with Gasteiger partial charge in [-0.2, -0.15) is 0 Å². The Hall–Kier alpha value is -3.19. The monoisotopic (exact) mass is 462 g/mol. The number of piperazine rings is 1. The van der Waals surface area contributed by atoms with E-state index in [-0.39, 0.29) is 11.6 Å². The van der Waals surface area contributed by atoms with Crippen molar-refractivity contribution in [2.75, 3.05) is 37.6 Å². The molecule has 1 N–H and O–H groups in total. The van der Waals surface area contributed by atoms with Crippen LogP contribution in [0.3, 0.4) is 0 Å². The summed E-state index contributed by atoms with van der Waals surface area (Å²) in [6, 6.07) is 18.2. The fourth-order valence-electron chi connectivity index (χ4n) is 5.11. The number of fused-ring (bicyclic) bond motifs is 1. The maximum absolute atomic E-state index is 12.6. The van der Waals surface area contributed by atoms with Crippen LogP contribution in [-0.4, -0.2) is 51.9 Å². The molecule has 0 amide bonds. The average molecular weight is 463 g/mol. The summed E-state index contributed by atoms with van der Waals surface area (Å²) in [4.78, 5) is 17.5. The van der Waals surface area contributed by atoms with Crippen molar-refractivity contribution in [1.82, 2.24) is 14.0 Å². The van der Waals surface area contributed by atoms with Gasteiger partial charge in [0.25, 0.3) is 0 Å². The van der Waals surface area contributed by atoms with E-state index in [9.17, 15) is 9.90 Å². The molecule has 0 spiro atoms. The second-order valence-corrected chi connectivity index (χ2v) is 9.23. The topological polar surface area (TPSA) is 62.9 Å². The lowest BCUT2D eigenvalue weighted by Crippen LogP contribution is -2.46. The molecular formula is C27H34N4O3. The molecule has 0 saturated carbocycles. The first kappa shape index (κ1) is 22.6. The van der Waals surface area contributed by atoms with Gasteiger partial charge in [0.15, 0.2) is 5.75 Å². The molecule has 7 heteroatoms. The van der Waals surface area contributed by atoms with Crippen LogP contribution < -0.4 is 15.3 Å². The molecule has 5 rings (SSSR count). The van der Waals surface area contributed by atoms with E-state index in [0.717, 1.165) is 94.3 Å². The summed E-state index contributed by atoms with van der Waals surface area (Å²) >= 11 is 0. The van der Waals surface area contributed by atoms with E-state index in [1.54, 1.807) is 9.13 Å². The molecule has 0 unspecified atom stereocenters. The van der Waals surface area contributed by atoms with Gasteiger partial charge in [-0.25, -0.2) is 4.79 Å². The summed E-state index contributed by atoms with van der Waals surface area (Å²) in [6.45, 7) is 6.27. The molecule has 1 aromatic heterocycles. The van der Waals surface area contributed by atoms with Crippen LogP contribution in [0, 0.1) is 0 Å². The van der Waals surface area contributed by atoms with Crippen LogP contribution in [-0.2, 0) is 19.5 Å². The summed E-state index contributed by atoms with van der Waals surface area (Å²) in [6.07, 6.45) is 4.78. The zero-order chi connectivity index (χ0) is 23.3. The lowest BCUT2D eigenvalue weighted by atomic mass is 10.1. The van der Waals surface area contributed by atoms with Crippen LogP contribution in [0.2, 0.25) is 0 Å². The highest BCUT2D eigenvalue weighted by molar-refractivity contribution is 5.59. The minimum absolute atomic E-state index is 0.0443. The van der Waals surface area contributed by atoms with Crippen molar-refractivity contribution in [2.45, 2.75) is 45.2 Å². The number of para-hydroxylation sites is 3. The lowest BCUT2D eigenvalue weighted by Gasteiger charge is -2.36. The van der Waals surface area contributed by atoms with E-state index in [4.69, 9.17) is 4.74 Å². The number of hydrogen-bond acceptors (Lipinski definition) is 5. The van der Waals surface area contributed by atoms with Gasteiger partial charge in [0.2, 0.25) is 5.88 Å². The number of aromatic nitrogens is 2. The minimum Gasteiger partial charge on any atom is -0.493 e. The molecular weight excluding hydrogens is 428 g/mol. The van der Waals surface area contributed by atoms with Crippen LogP contribution in [0.25, 0.3) is 0 Å². The number of anilines is 1. The van der Waals surface area contributed by atoms with Gasteiger partial charge in [-0.05, 0) is 62.9 Å². The second kappa shape index (κ2) is 10.4. The van der Waals surface area contributed by atoms with E-state index < -0.39 is 0 Å². The number of nitrogens with zero attached hydrogens (tertiary/aromatic N) is 4. The zero-order valence-corrected chi connectivity index (χ0v) is 19.7. The highest BCUT2D eigenvalue weighted by atomic mass is 16.5. The van der Waals surface area contributed by atoms with E-state index in [2.05, 4.69) is 21.9 Å². The first-order valence-corrected chi connectivity index (χ1v) is 12.5. The van der Waals surface area contributed by atoms with E-state index in [0.29, 0.717) is 6.54 Å². The predicted molar refractivity (Wildman–Crippen MR) is 134 cm³/mol. The third-order valence-electron chi connectivity index (χ3n) is 7.00. The van der Waals surface area contributed by atoms with Crippen LogP contribution in [0.1, 0.15) is 31.4 Å². The fourth-order valence-corrected chi connectivity index (χ4v) is 5.11. The van der Waals surface area contributed by atoms with E-state index in [1.165, 1.54) is 0 Å². The van der Waals surface area contributed by atoms with Gasteiger partial charge in [-0.15, -0.1) is 0 Å². The zero-order valence-electron chi connectivity index (χ0n) is 19.7. The highest BCUT2D eigenvalue weighted by Crippen LogP contribution is 2.32. The van der Waals surface area contributed by atoms with Crippen molar-refractivity contribution in [2.24, 2.45) is 0 Å². The smallest absolute Gasteiger partial charge is 0.331 e. The van der Waals surface area contributed by atoms with Crippen molar-refractivity contribution >= 4 is 5.69 Å². The van der Waals surface area contributed by atoms with Crippen LogP contribution in [0.5, 0.6) is 17.4 Å². The quantitative estimate of drug-likeness (QED) is 0.511. The molecule has 2 aliphatic rings.